The predicted molar refractivity (Wildman–Crippen MR) is 131 cm³/mol. The van der Waals surface area contributed by atoms with Gasteiger partial charge in [-0.15, -0.1) is 0 Å². The molecule has 3 N–H and O–H groups in total. The third-order valence-corrected chi connectivity index (χ3v) is 4.91. The second-order valence-corrected chi connectivity index (χ2v) is 7.81. The summed E-state index contributed by atoms with van der Waals surface area (Å²) in [6, 6.07) is 21.4. The van der Waals surface area contributed by atoms with E-state index in [1.165, 1.54) is 11.6 Å². The highest BCUT2D eigenvalue weighted by Crippen LogP contribution is 2.20. The van der Waals surface area contributed by atoms with Gasteiger partial charge in [0.05, 0.1) is 0 Å². The van der Waals surface area contributed by atoms with Crippen LogP contribution in [0.2, 0.25) is 0 Å². The van der Waals surface area contributed by atoms with E-state index in [1.54, 1.807) is 6.08 Å². The molecule has 0 aliphatic rings. The van der Waals surface area contributed by atoms with Gasteiger partial charge in [0.25, 0.3) is 5.91 Å². The Morgan fingerprint density at radius 3 is 2.44 bits per heavy atom. The molecule has 0 saturated heterocycles. The van der Waals surface area contributed by atoms with Gasteiger partial charge in [-0.2, -0.15) is 0 Å². The van der Waals surface area contributed by atoms with E-state index in [9.17, 15) is 9.59 Å². The Kier molecular flexibility index (Phi) is 7.94. The number of hydrogen-bond donors (Lipinski definition) is 3. The van der Waals surface area contributed by atoms with Gasteiger partial charge < -0.3 is 4.74 Å². The number of carbonyl (C=O) groups is 2. The van der Waals surface area contributed by atoms with Crippen molar-refractivity contribution >= 4 is 46.0 Å². The fraction of sp³-hybridized carbons (Fsp3) is 0.160. The van der Waals surface area contributed by atoms with Gasteiger partial charge in [0.2, 0.25) is 5.91 Å². The van der Waals surface area contributed by atoms with Crippen molar-refractivity contribution in [1.29, 1.82) is 0 Å². The van der Waals surface area contributed by atoms with Crippen LogP contribution in [0.1, 0.15) is 30.9 Å². The smallest absolute Gasteiger partial charge is 0.276 e. The Morgan fingerprint density at radius 1 is 0.969 bits per heavy atom. The summed E-state index contributed by atoms with van der Waals surface area (Å²) in [5.41, 5.74) is 6.99. The van der Waals surface area contributed by atoms with Crippen molar-refractivity contribution in [3.05, 3.63) is 83.9 Å². The maximum absolute atomic E-state index is 12.1. The van der Waals surface area contributed by atoms with Crippen molar-refractivity contribution in [3.8, 4) is 5.75 Å². The zero-order valence-corrected chi connectivity index (χ0v) is 18.7. The average Bonchev–Trinajstić information content (AvgIpc) is 2.80. The van der Waals surface area contributed by atoms with Gasteiger partial charge in [-0.3, -0.25) is 25.8 Å². The van der Waals surface area contributed by atoms with Crippen LogP contribution < -0.4 is 20.9 Å². The molecular formula is C25H25N3O3S. The first-order valence-corrected chi connectivity index (χ1v) is 10.6. The summed E-state index contributed by atoms with van der Waals surface area (Å²) >= 11 is 5.04. The molecule has 0 aliphatic heterocycles. The van der Waals surface area contributed by atoms with E-state index in [4.69, 9.17) is 17.0 Å². The first-order chi connectivity index (χ1) is 15.4. The Morgan fingerprint density at radius 2 is 1.69 bits per heavy atom. The normalized spacial score (nSPS) is 10.8. The standard InChI is InChI=1S/C25H25N3O3S/c1-17(2)18-10-13-21(14-11-18)31-16-24(30)27-28-25(32)26-23(29)15-12-20-8-5-7-19-6-3-4-9-22(19)20/h3-15,17H,16H2,1-2H3,(H,27,30)(H2,26,28,29,32). The third-order valence-electron chi connectivity index (χ3n) is 4.71. The van der Waals surface area contributed by atoms with Gasteiger partial charge in [0.15, 0.2) is 11.7 Å². The van der Waals surface area contributed by atoms with Crippen LogP contribution in [0.5, 0.6) is 5.75 Å². The summed E-state index contributed by atoms with van der Waals surface area (Å²) in [5.74, 6) is 0.181. The van der Waals surface area contributed by atoms with Crippen molar-refractivity contribution < 1.29 is 14.3 Å². The van der Waals surface area contributed by atoms with E-state index in [1.807, 2.05) is 66.7 Å². The highest BCUT2D eigenvalue weighted by atomic mass is 32.1. The van der Waals surface area contributed by atoms with Crippen molar-refractivity contribution in [2.75, 3.05) is 6.61 Å². The first-order valence-electron chi connectivity index (χ1n) is 10.2. The zero-order chi connectivity index (χ0) is 22.9. The highest BCUT2D eigenvalue weighted by Gasteiger charge is 2.06. The Hall–Kier alpha value is -3.71. The molecule has 7 heteroatoms. The van der Waals surface area contributed by atoms with Crippen molar-refractivity contribution in [3.63, 3.8) is 0 Å². The van der Waals surface area contributed by atoms with Gasteiger partial charge in [-0.25, -0.2) is 0 Å². The number of ether oxygens (including phenoxy) is 1. The maximum Gasteiger partial charge on any atom is 0.276 e. The van der Waals surface area contributed by atoms with Crippen molar-refractivity contribution in [2.45, 2.75) is 19.8 Å². The van der Waals surface area contributed by atoms with Crippen LogP contribution >= 0.6 is 12.2 Å². The van der Waals surface area contributed by atoms with Crippen LogP contribution in [0.25, 0.3) is 16.8 Å². The largest absolute Gasteiger partial charge is 0.484 e. The number of thiocarbonyl (C=S) groups is 1. The van der Waals surface area contributed by atoms with Gasteiger partial charge in [0, 0.05) is 6.08 Å². The number of carbonyl (C=O) groups excluding carboxylic acids is 2. The Bertz CT molecular complexity index is 1140. The van der Waals surface area contributed by atoms with E-state index in [2.05, 4.69) is 30.0 Å². The summed E-state index contributed by atoms with van der Waals surface area (Å²) in [4.78, 5) is 24.1. The van der Waals surface area contributed by atoms with Gasteiger partial charge in [0.1, 0.15) is 5.75 Å². The summed E-state index contributed by atoms with van der Waals surface area (Å²) in [6.45, 7) is 4.03. The van der Waals surface area contributed by atoms with Crippen LogP contribution in [-0.2, 0) is 9.59 Å². The molecule has 3 aromatic rings. The second-order valence-electron chi connectivity index (χ2n) is 7.41. The van der Waals surface area contributed by atoms with Crippen LogP contribution in [0.15, 0.2) is 72.8 Å². The lowest BCUT2D eigenvalue weighted by Crippen LogP contribution is -2.49. The minimum atomic E-state index is -0.430. The fourth-order valence-electron chi connectivity index (χ4n) is 3.01. The summed E-state index contributed by atoms with van der Waals surface area (Å²) in [6.07, 6.45) is 3.11. The molecule has 164 valence electrons. The average molecular weight is 448 g/mol. The van der Waals surface area contributed by atoms with Crippen LogP contribution in [0.3, 0.4) is 0 Å². The minimum absolute atomic E-state index is 0.0211. The molecule has 0 radical (unpaired) electrons. The lowest BCUT2D eigenvalue weighted by Gasteiger charge is -2.11. The van der Waals surface area contributed by atoms with Crippen molar-refractivity contribution in [2.24, 2.45) is 0 Å². The first kappa shape index (κ1) is 23.0. The molecule has 0 unspecified atom stereocenters. The van der Waals surface area contributed by atoms with Gasteiger partial charge >= 0.3 is 0 Å². The number of nitrogens with one attached hydrogen (secondary N) is 3. The number of hydrogen-bond acceptors (Lipinski definition) is 4. The van der Waals surface area contributed by atoms with Gasteiger partial charge in [-0.1, -0.05) is 68.4 Å². The quantitative estimate of drug-likeness (QED) is 0.302. The lowest BCUT2D eigenvalue weighted by atomic mass is 10.0. The number of benzene rings is 3. The molecule has 2 amide bonds. The molecule has 6 nitrogen and oxygen atoms in total. The van der Waals surface area contributed by atoms with Gasteiger partial charge in [-0.05, 0) is 58.2 Å². The molecular weight excluding hydrogens is 422 g/mol. The molecule has 0 spiro atoms. The molecule has 0 saturated carbocycles. The monoisotopic (exact) mass is 447 g/mol. The lowest BCUT2D eigenvalue weighted by molar-refractivity contribution is -0.123. The molecule has 32 heavy (non-hydrogen) atoms. The van der Waals surface area contributed by atoms with E-state index in [0.717, 1.165) is 16.3 Å². The van der Waals surface area contributed by atoms with E-state index in [-0.39, 0.29) is 11.7 Å². The minimum Gasteiger partial charge on any atom is -0.484 e. The molecule has 0 bridgehead atoms. The molecule has 3 rings (SSSR count). The number of amides is 2. The molecule has 0 fully saturated rings. The van der Waals surface area contributed by atoms with E-state index in [0.29, 0.717) is 11.7 Å². The third kappa shape index (κ3) is 6.65. The molecule has 0 aliphatic carbocycles. The molecule has 0 heterocycles. The number of hydrazine groups is 1. The Balaban J connectivity index is 1.42. The predicted octanol–water partition coefficient (Wildman–Crippen LogP) is 4.08. The molecule has 0 atom stereocenters. The van der Waals surface area contributed by atoms with E-state index >= 15 is 0 Å². The second kappa shape index (κ2) is 11.1. The highest BCUT2D eigenvalue weighted by molar-refractivity contribution is 7.80. The molecule has 0 aromatic heterocycles. The Labute approximate surface area is 192 Å². The number of fused-ring (bicyclic) bond motifs is 1. The van der Waals surface area contributed by atoms with Crippen LogP contribution in [0.4, 0.5) is 0 Å². The maximum atomic E-state index is 12.1. The zero-order valence-electron chi connectivity index (χ0n) is 17.9. The van der Waals surface area contributed by atoms with Crippen LogP contribution in [-0.4, -0.2) is 23.5 Å². The van der Waals surface area contributed by atoms with Crippen LogP contribution in [0, 0.1) is 0 Å². The van der Waals surface area contributed by atoms with Crippen molar-refractivity contribution in [1.82, 2.24) is 16.2 Å². The SMILES string of the molecule is CC(C)c1ccc(OCC(=O)NNC(=S)NC(=O)C=Cc2cccc3ccccc23)cc1. The van der Waals surface area contributed by atoms with E-state index < -0.39 is 11.8 Å². The fourth-order valence-corrected chi connectivity index (χ4v) is 3.16. The molecule has 3 aromatic carbocycles. The summed E-state index contributed by atoms with van der Waals surface area (Å²) in [5, 5.41) is 4.60. The summed E-state index contributed by atoms with van der Waals surface area (Å²) < 4.78 is 5.44. The summed E-state index contributed by atoms with van der Waals surface area (Å²) in [7, 11) is 0. The topological polar surface area (TPSA) is 79.5 Å². The number of rotatable bonds is 6.